The molecule has 0 saturated heterocycles. The molecule has 0 fully saturated rings. The Balaban J connectivity index is 2.08. The molecule has 4 nitrogen and oxygen atoms in total. The van der Waals surface area contributed by atoms with Crippen LogP contribution in [0.2, 0.25) is 5.02 Å². The highest BCUT2D eigenvalue weighted by molar-refractivity contribution is 6.30. The smallest absolute Gasteiger partial charge is 0.207 e. The Hall–Kier alpha value is -1.59. The van der Waals surface area contributed by atoms with Crippen LogP contribution in [0, 0.1) is 12.7 Å². The van der Waals surface area contributed by atoms with Gasteiger partial charge in [0.15, 0.2) is 0 Å². The second-order valence-electron chi connectivity index (χ2n) is 4.70. The van der Waals surface area contributed by atoms with Gasteiger partial charge in [-0.1, -0.05) is 11.6 Å². The molecule has 0 saturated carbocycles. The second kappa shape index (κ2) is 7.43. The molecule has 0 unspecified atom stereocenters. The molecule has 0 atom stereocenters. The van der Waals surface area contributed by atoms with Crippen molar-refractivity contribution >= 4 is 23.2 Å². The van der Waals surface area contributed by atoms with Gasteiger partial charge in [-0.2, -0.15) is 0 Å². The number of benzene rings is 1. The summed E-state index contributed by atoms with van der Waals surface area (Å²) in [7, 11) is 0. The Labute approximate surface area is 128 Å². The van der Waals surface area contributed by atoms with Crippen LogP contribution in [-0.4, -0.2) is 22.8 Å². The average molecular weight is 312 g/mol. The van der Waals surface area contributed by atoms with Crippen LogP contribution in [0.15, 0.2) is 24.4 Å². The lowest BCUT2D eigenvalue weighted by Gasteiger charge is -2.10. The summed E-state index contributed by atoms with van der Waals surface area (Å²) < 4.78 is 21.1. The van der Waals surface area contributed by atoms with Gasteiger partial charge in [0.2, 0.25) is 5.95 Å². The number of nitrogens with zero attached hydrogens (tertiary/aromatic N) is 2. The molecule has 0 aliphatic rings. The van der Waals surface area contributed by atoms with Gasteiger partial charge in [0.05, 0.1) is 11.4 Å². The highest BCUT2D eigenvalue weighted by atomic mass is 35.5. The summed E-state index contributed by atoms with van der Waals surface area (Å²) in [5, 5.41) is 3.38. The van der Waals surface area contributed by atoms with Crippen LogP contribution in [0.5, 0.6) is 0 Å². The Bertz CT molecular complexity index is 601. The SMILES string of the molecule is CCOCCCn1cc(C)nc1Nc1ccc(Cl)cc1F. The molecule has 0 aliphatic carbocycles. The maximum Gasteiger partial charge on any atom is 0.207 e. The maximum atomic E-state index is 13.8. The minimum absolute atomic E-state index is 0.357. The Morgan fingerprint density at radius 3 is 2.95 bits per heavy atom. The summed E-state index contributed by atoms with van der Waals surface area (Å²) in [6.07, 6.45) is 2.81. The zero-order chi connectivity index (χ0) is 15.2. The van der Waals surface area contributed by atoms with E-state index >= 15 is 0 Å². The minimum Gasteiger partial charge on any atom is -0.382 e. The van der Waals surface area contributed by atoms with Crippen LogP contribution < -0.4 is 5.32 Å². The van der Waals surface area contributed by atoms with Crippen LogP contribution in [0.25, 0.3) is 0 Å². The molecule has 1 heterocycles. The highest BCUT2D eigenvalue weighted by Gasteiger charge is 2.09. The number of aromatic nitrogens is 2. The number of rotatable bonds is 7. The van der Waals surface area contributed by atoms with E-state index in [-0.39, 0.29) is 0 Å². The number of ether oxygens (including phenoxy) is 1. The monoisotopic (exact) mass is 311 g/mol. The fraction of sp³-hybridized carbons (Fsp3) is 0.400. The molecule has 0 bridgehead atoms. The first-order chi connectivity index (χ1) is 10.1. The first kappa shape index (κ1) is 15.8. The lowest BCUT2D eigenvalue weighted by atomic mass is 10.3. The van der Waals surface area contributed by atoms with Crippen molar-refractivity contribution in [3.05, 3.63) is 40.9 Å². The lowest BCUT2D eigenvalue weighted by Crippen LogP contribution is -2.06. The Morgan fingerprint density at radius 1 is 1.43 bits per heavy atom. The molecule has 1 N–H and O–H groups in total. The van der Waals surface area contributed by atoms with Gasteiger partial charge in [0.1, 0.15) is 5.82 Å². The van der Waals surface area contributed by atoms with Crippen molar-refractivity contribution in [1.82, 2.24) is 9.55 Å². The molecule has 21 heavy (non-hydrogen) atoms. The quantitative estimate of drug-likeness (QED) is 0.781. The summed E-state index contributed by atoms with van der Waals surface area (Å²) in [5.74, 6) is 0.217. The fourth-order valence-electron chi connectivity index (χ4n) is 2.01. The number of anilines is 2. The van der Waals surface area contributed by atoms with E-state index in [1.54, 1.807) is 12.1 Å². The van der Waals surface area contributed by atoms with Crippen LogP contribution in [0.4, 0.5) is 16.0 Å². The van der Waals surface area contributed by atoms with Crippen molar-refractivity contribution in [2.45, 2.75) is 26.8 Å². The second-order valence-corrected chi connectivity index (χ2v) is 5.14. The predicted octanol–water partition coefficient (Wildman–Crippen LogP) is 4.15. The largest absolute Gasteiger partial charge is 0.382 e. The molecule has 0 radical (unpaired) electrons. The van der Waals surface area contributed by atoms with Gasteiger partial charge >= 0.3 is 0 Å². The number of hydrogen-bond acceptors (Lipinski definition) is 3. The van der Waals surface area contributed by atoms with E-state index in [0.717, 1.165) is 18.7 Å². The van der Waals surface area contributed by atoms with Gasteiger partial charge in [-0.3, -0.25) is 0 Å². The van der Waals surface area contributed by atoms with E-state index in [4.69, 9.17) is 16.3 Å². The third kappa shape index (κ3) is 4.44. The van der Waals surface area contributed by atoms with E-state index in [1.165, 1.54) is 6.07 Å². The third-order valence-electron chi connectivity index (χ3n) is 2.97. The van der Waals surface area contributed by atoms with Crippen molar-refractivity contribution < 1.29 is 9.13 Å². The van der Waals surface area contributed by atoms with Crippen LogP contribution in [0.3, 0.4) is 0 Å². The maximum absolute atomic E-state index is 13.8. The first-order valence-electron chi connectivity index (χ1n) is 6.93. The Morgan fingerprint density at radius 2 is 2.24 bits per heavy atom. The van der Waals surface area contributed by atoms with Gasteiger partial charge in [0, 0.05) is 31.0 Å². The fourth-order valence-corrected chi connectivity index (χ4v) is 2.17. The van der Waals surface area contributed by atoms with Crippen molar-refractivity contribution in [1.29, 1.82) is 0 Å². The van der Waals surface area contributed by atoms with E-state index in [0.29, 0.717) is 29.9 Å². The van der Waals surface area contributed by atoms with Crippen molar-refractivity contribution in [3.8, 4) is 0 Å². The summed E-state index contributed by atoms with van der Waals surface area (Å²) >= 11 is 5.75. The van der Waals surface area contributed by atoms with Crippen molar-refractivity contribution in [2.24, 2.45) is 0 Å². The number of hydrogen-bond donors (Lipinski definition) is 1. The molecule has 0 aliphatic heterocycles. The van der Waals surface area contributed by atoms with Gasteiger partial charge < -0.3 is 14.6 Å². The van der Waals surface area contributed by atoms with Gasteiger partial charge in [-0.15, -0.1) is 0 Å². The first-order valence-corrected chi connectivity index (χ1v) is 7.31. The van der Waals surface area contributed by atoms with Crippen LogP contribution in [0.1, 0.15) is 19.0 Å². The minimum atomic E-state index is -0.399. The normalized spacial score (nSPS) is 10.9. The topological polar surface area (TPSA) is 39.1 Å². The predicted molar refractivity (Wildman–Crippen MR) is 82.8 cm³/mol. The number of nitrogens with one attached hydrogen (secondary N) is 1. The third-order valence-corrected chi connectivity index (χ3v) is 3.20. The standard InChI is InChI=1S/C15H19ClFN3O/c1-3-21-8-4-7-20-10-11(2)18-15(20)19-14-6-5-12(16)9-13(14)17/h5-6,9-10H,3-4,7-8H2,1-2H3,(H,18,19). The summed E-state index contributed by atoms with van der Waals surface area (Å²) in [5.41, 5.74) is 1.24. The average Bonchev–Trinajstić information content (AvgIpc) is 2.78. The van der Waals surface area contributed by atoms with E-state index in [1.807, 2.05) is 24.6 Å². The van der Waals surface area contributed by atoms with Gasteiger partial charge in [-0.25, -0.2) is 9.37 Å². The number of halogens is 2. The zero-order valence-corrected chi connectivity index (χ0v) is 13.0. The molecule has 6 heteroatoms. The van der Waals surface area contributed by atoms with Crippen molar-refractivity contribution in [2.75, 3.05) is 18.5 Å². The van der Waals surface area contributed by atoms with E-state index in [9.17, 15) is 4.39 Å². The molecule has 114 valence electrons. The molecule has 1 aromatic heterocycles. The van der Waals surface area contributed by atoms with Gasteiger partial charge in [-0.05, 0) is 38.5 Å². The number of imidazole rings is 1. The molecular weight excluding hydrogens is 293 g/mol. The molecule has 0 amide bonds. The van der Waals surface area contributed by atoms with Crippen LogP contribution in [-0.2, 0) is 11.3 Å². The van der Waals surface area contributed by atoms with Crippen molar-refractivity contribution in [3.63, 3.8) is 0 Å². The summed E-state index contributed by atoms with van der Waals surface area (Å²) in [6.45, 7) is 6.05. The van der Waals surface area contributed by atoms with Crippen LogP contribution >= 0.6 is 11.6 Å². The van der Waals surface area contributed by atoms with E-state index in [2.05, 4.69) is 10.3 Å². The van der Waals surface area contributed by atoms with E-state index < -0.39 is 5.82 Å². The lowest BCUT2D eigenvalue weighted by molar-refractivity contribution is 0.142. The van der Waals surface area contributed by atoms with Gasteiger partial charge in [0.25, 0.3) is 0 Å². The summed E-state index contributed by atoms with van der Waals surface area (Å²) in [4.78, 5) is 4.38. The highest BCUT2D eigenvalue weighted by Crippen LogP contribution is 2.22. The Kier molecular flexibility index (Phi) is 5.59. The molecule has 2 rings (SSSR count). The molecule has 2 aromatic rings. The molecular formula is C15H19ClFN3O. The molecule has 1 aromatic carbocycles. The zero-order valence-electron chi connectivity index (χ0n) is 12.2. The number of aryl methyl sites for hydroxylation is 2. The summed E-state index contributed by atoms with van der Waals surface area (Å²) in [6, 6.07) is 4.52. The molecule has 0 spiro atoms.